The number of nitriles is 2. The minimum absolute atomic E-state index is 0.472. The SMILES string of the molecule is [C-]#[N+]c1cc(-c2ccc(-n3c4ccccc4c4ccc5ccccc5c43)cc2)c(C#N)cc1-c1ccc(-n2c3ccccc3c3ccc4ccccc4c32)cc1.[C-]#[N+]c1cccc(C#N)c1N1c2ccccc2Sc2ccc3ccccc3c21. The fraction of sp³-hybridized carbons (Fsp3) is 0. The highest BCUT2D eigenvalue weighted by Crippen LogP contribution is 2.56. The van der Waals surface area contributed by atoms with E-state index in [0.717, 1.165) is 76.6 Å². The molecule has 0 fully saturated rings. The molecule has 0 atom stereocenters. The Bertz CT molecular complexity index is 5140. The summed E-state index contributed by atoms with van der Waals surface area (Å²) in [6, 6.07) is 94.1. The predicted octanol–water partition coefficient (Wildman–Crippen LogP) is 21.1. The summed E-state index contributed by atoms with van der Waals surface area (Å²) in [5, 5.41) is 32.1. The van der Waals surface area contributed by atoms with E-state index in [0.29, 0.717) is 28.2 Å². The molecule has 3 heterocycles. The van der Waals surface area contributed by atoms with Gasteiger partial charge in [0.2, 0.25) is 5.69 Å². The second kappa shape index (κ2) is 20.2. The maximum absolute atomic E-state index is 10.5. The molecule has 8 heteroatoms. The maximum atomic E-state index is 10.5. The van der Waals surface area contributed by atoms with Gasteiger partial charge in [0.05, 0.1) is 75.5 Å². The van der Waals surface area contributed by atoms with E-state index < -0.39 is 0 Å². The van der Waals surface area contributed by atoms with Crippen LogP contribution in [0.2, 0.25) is 0 Å². The summed E-state index contributed by atoms with van der Waals surface area (Å²) in [6.45, 7) is 15.9. The van der Waals surface area contributed by atoms with Crippen LogP contribution < -0.4 is 4.90 Å². The van der Waals surface area contributed by atoms with Gasteiger partial charge in [0, 0.05) is 58.9 Å². The van der Waals surface area contributed by atoms with Crippen LogP contribution in [-0.4, -0.2) is 9.13 Å². The Labute approximate surface area is 488 Å². The largest absolute Gasteiger partial charge is 0.316 e. The molecule has 1 aliphatic heterocycles. The van der Waals surface area contributed by atoms with Crippen molar-refractivity contribution in [2.75, 3.05) is 4.90 Å². The van der Waals surface area contributed by atoms with Crippen molar-refractivity contribution < 1.29 is 0 Å². The summed E-state index contributed by atoms with van der Waals surface area (Å²) in [5.41, 5.74) is 14.6. The second-order valence-corrected chi connectivity index (χ2v) is 21.8. The molecule has 0 saturated heterocycles. The number of aromatic nitrogens is 2. The molecule has 13 aromatic carbocycles. The summed E-state index contributed by atoms with van der Waals surface area (Å²) in [5.74, 6) is 0. The van der Waals surface area contributed by atoms with Crippen molar-refractivity contribution >= 4 is 116 Å². The Morgan fingerprint density at radius 3 is 1.42 bits per heavy atom. The first-order valence-electron chi connectivity index (χ1n) is 27.5. The van der Waals surface area contributed by atoms with Crippen molar-refractivity contribution in [3.05, 3.63) is 295 Å². The van der Waals surface area contributed by atoms with Gasteiger partial charge < -0.3 is 14.0 Å². The van der Waals surface area contributed by atoms with Gasteiger partial charge in [-0.3, -0.25) is 0 Å². The van der Waals surface area contributed by atoms with Crippen molar-refractivity contribution in [1.29, 1.82) is 10.5 Å². The fourth-order valence-corrected chi connectivity index (χ4v) is 13.6. The number of hydrogen-bond donors (Lipinski definition) is 0. The van der Waals surface area contributed by atoms with Crippen molar-refractivity contribution in [1.82, 2.24) is 9.13 Å². The Hall–Kier alpha value is -11.7. The zero-order chi connectivity index (χ0) is 56.4. The molecule has 0 aliphatic carbocycles. The summed E-state index contributed by atoms with van der Waals surface area (Å²) in [7, 11) is 0. The number of hydrogen-bond acceptors (Lipinski definition) is 4. The summed E-state index contributed by atoms with van der Waals surface area (Å²) in [4.78, 5) is 12.0. The molecule has 0 unspecified atom stereocenters. The van der Waals surface area contributed by atoms with E-state index in [-0.39, 0.29) is 0 Å². The molecule has 1 aliphatic rings. The number of anilines is 3. The lowest BCUT2D eigenvalue weighted by molar-refractivity contribution is 1.18. The highest BCUT2D eigenvalue weighted by Gasteiger charge is 2.30. The lowest BCUT2D eigenvalue weighted by Crippen LogP contribution is -2.16. The van der Waals surface area contributed by atoms with Gasteiger partial charge in [-0.2, -0.15) is 10.5 Å². The molecule has 388 valence electrons. The van der Waals surface area contributed by atoms with Crippen molar-refractivity contribution in [3.63, 3.8) is 0 Å². The highest BCUT2D eigenvalue weighted by atomic mass is 32.2. The van der Waals surface area contributed by atoms with Gasteiger partial charge in [-0.1, -0.05) is 200 Å². The molecule has 16 rings (SSSR count). The summed E-state index contributed by atoms with van der Waals surface area (Å²) >= 11 is 1.72. The van der Waals surface area contributed by atoms with E-state index in [1.165, 1.54) is 54.1 Å². The molecule has 0 saturated carbocycles. The standard InChI is InChI=1S/C52H30N4.C24H13N3S/c1-54-48-31-46(35-18-24-38(25-19-35)55-49-16-8-6-14-42(49)44-28-22-33-10-2-4-12-40(33)51(44)55)37(32-53)30-47(48)36-20-26-39(27-21-36)56-50-17-9-7-15-43(50)45-29-23-34-11-3-5-13-41(34)52(45)56;1-26-19-10-6-8-17(15-25)23(19)27-20-11-4-5-12-21(20)28-22-14-13-16-7-2-3-9-18(16)24(22)27/h2-31H;2-14H. The van der Waals surface area contributed by atoms with Gasteiger partial charge in [-0.15, -0.1) is 0 Å². The molecule has 2 aromatic heterocycles. The van der Waals surface area contributed by atoms with Crippen LogP contribution in [0.3, 0.4) is 0 Å². The normalized spacial score (nSPS) is 11.7. The molecule has 7 nitrogen and oxygen atoms in total. The lowest BCUT2D eigenvalue weighted by Gasteiger charge is -2.35. The molecule has 0 amide bonds. The third-order valence-electron chi connectivity index (χ3n) is 16.3. The number of rotatable bonds is 5. The smallest absolute Gasteiger partial charge is 0.211 e. The minimum Gasteiger partial charge on any atom is -0.316 e. The minimum atomic E-state index is 0.472. The van der Waals surface area contributed by atoms with E-state index in [2.05, 4.69) is 242 Å². The van der Waals surface area contributed by atoms with Gasteiger partial charge >= 0.3 is 0 Å². The molecule has 15 aromatic rings. The first kappa shape index (κ1) is 49.4. The van der Waals surface area contributed by atoms with Crippen LogP contribution in [0.1, 0.15) is 11.1 Å². The van der Waals surface area contributed by atoms with Crippen LogP contribution in [0.15, 0.2) is 271 Å². The van der Waals surface area contributed by atoms with E-state index in [1.54, 1.807) is 30.0 Å². The average Bonchev–Trinajstić information content (AvgIpc) is 2.38. The zero-order valence-corrected chi connectivity index (χ0v) is 45.7. The third kappa shape index (κ3) is 7.87. The van der Waals surface area contributed by atoms with Crippen molar-refractivity contribution in [3.8, 4) is 45.8 Å². The Morgan fingerprint density at radius 2 is 0.845 bits per heavy atom. The Kier molecular flexibility index (Phi) is 11.9. The van der Waals surface area contributed by atoms with E-state index in [1.807, 2.05) is 36.4 Å². The van der Waals surface area contributed by atoms with E-state index >= 15 is 0 Å². The fourth-order valence-electron chi connectivity index (χ4n) is 12.5. The van der Waals surface area contributed by atoms with Crippen molar-refractivity contribution in [2.24, 2.45) is 0 Å². The van der Waals surface area contributed by atoms with Gasteiger partial charge in [-0.05, 0) is 111 Å². The lowest BCUT2D eigenvalue weighted by atomic mass is 9.93. The average molecular weight is 1090 g/mol. The summed E-state index contributed by atoms with van der Waals surface area (Å²) < 4.78 is 4.67. The maximum Gasteiger partial charge on any atom is 0.211 e. The third-order valence-corrected chi connectivity index (χ3v) is 17.4. The second-order valence-electron chi connectivity index (χ2n) is 20.7. The van der Waals surface area contributed by atoms with Crippen LogP contribution in [0.5, 0.6) is 0 Å². The van der Waals surface area contributed by atoms with Gasteiger partial charge in [0.25, 0.3) is 0 Å². The van der Waals surface area contributed by atoms with Crippen LogP contribution in [-0.2, 0) is 0 Å². The zero-order valence-electron chi connectivity index (χ0n) is 44.9. The van der Waals surface area contributed by atoms with Crippen LogP contribution >= 0.6 is 11.8 Å². The highest BCUT2D eigenvalue weighted by molar-refractivity contribution is 7.99. The number of nitrogens with zero attached hydrogens (tertiary/aromatic N) is 7. The van der Waals surface area contributed by atoms with E-state index in [9.17, 15) is 10.5 Å². The molecule has 0 spiro atoms. The quantitative estimate of drug-likeness (QED) is 0.161. The first-order valence-corrected chi connectivity index (χ1v) is 28.3. The monoisotopic (exact) mass is 1090 g/mol. The van der Waals surface area contributed by atoms with Gasteiger partial charge in [0.1, 0.15) is 0 Å². The van der Waals surface area contributed by atoms with Crippen LogP contribution in [0.4, 0.5) is 28.4 Å². The molecular formula is C76H43N7S. The molecule has 0 N–H and O–H groups in total. The number of para-hydroxylation sites is 4. The first-order chi connectivity index (χ1) is 41.5. The van der Waals surface area contributed by atoms with Crippen molar-refractivity contribution in [2.45, 2.75) is 9.79 Å². The molecule has 0 radical (unpaired) electrons. The summed E-state index contributed by atoms with van der Waals surface area (Å²) in [6.07, 6.45) is 0. The van der Waals surface area contributed by atoms with Gasteiger partial charge in [0.15, 0.2) is 5.69 Å². The number of benzene rings is 13. The predicted molar refractivity (Wildman–Crippen MR) is 346 cm³/mol. The molecule has 0 bridgehead atoms. The van der Waals surface area contributed by atoms with Gasteiger partial charge in [-0.25, -0.2) is 9.69 Å². The Morgan fingerprint density at radius 1 is 0.357 bits per heavy atom. The molecule has 84 heavy (non-hydrogen) atoms. The number of fused-ring (bicyclic) bond motifs is 14. The van der Waals surface area contributed by atoms with Crippen LogP contribution in [0.25, 0.3) is 119 Å². The topological polar surface area (TPSA) is 69.4 Å². The molecular weight excluding hydrogens is 1040 g/mol. The van der Waals surface area contributed by atoms with E-state index in [4.69, 9.17) is 13.1 Å². The Balaban J connectivity index is 0.000000179. The van der Waals surface area contributed by atoms with Crippen LogP contribution in [0, 0.1) is 35.8 Å².